The van der Waals surface area contributed by atoms with Crippen molar-refractivity contribution in [3.8, 4) is 0 Å². The molecular weight excluding hydrogens is 284 g/mol. The largest absolute Gasteiger partial charge is 0.441 e. The molecule has 2 bridgehead atoms. The van der Waals surface area contributed by atoms with Crippen molar-refractivity contribution < 1.29 is 14.0 Å². The van der Waals surface area contributed by atoms with Gasteiger partial charge in [0, 0.05) is 18.6 Å². The first-order chi connectivity index (χ1) is 9.69. The van der Waals surface area contributed by atoms with Crippen LogP contribution in [0.2, 0.25) is 18.1 Å². The topological polar surface area (TPSA) is 50.8 Å². The van der Waals surface area contributed by atoms with Crippen LogP contribution in [0.25, 0.3) is 0 Å². The predicted molar refractivity (Wildman–Crippen MR) is 83.9 cm³/mol. The van der Waals surface area contributed by atoms with Crippen molar-refractivity contribution in [2.75, 3.05) is 13.2 Å². The number of carbonyl (C=O) groups is 1. The van der Waals surface area contributed by atoms with Crippen molar-refractivity contribution in [1.29, 1.82) is 0 Å². The first-order valence-corrected chi connectivity index (χ1v) is 11.0. The molecule has 4 atom stereocenters. The van der Waals surface area contributed by atoms with Crippen LogP contribution in [-0.4, -0.2) is 56.7 Å². The van der Waals surface area contributed by atoms with Crippen LogP contribution in [-0.2, 0) is 9.16 Å². The third-order valence-corrected chi connectivity index (χ3v) is 10.2. The molecule has 0 aromatic rings. The Kier molecular flexibility index (Phi) is 3.62. The van der Waals surface area contributed by atoms with Gasteiger partial charge in [0.15, 0.2) is 8.32 Å². The molecule has 0 radical (unpaired) electrons. The molecule has 0 aromatic heterocycles. The highest BCUT2D eigenvalue weighted by Gasteiger charge is 2.52. The van der Waals surface area contributed by atoms with Crippen LogP contribution in [0.1, 0.15) is 33.6 Å². The fourth-order valence-electron chi connectivity index (χ4n) is 3.40. The Balaban J connectivity index is 1.68. The van der Waals surface area contributed by atoms with E-state index >= 15 is 0 Å². The van der Waals surface area contributed by atoms with Gasteiger partial charge in [-0.05, 0) is 31.0 Å². The monoisotopic (exact) mass is 312 g/mol. The lowest BCUT2D eigenvalue weighted by atomic mass is 10.0. The zero-order chi connectivity index (χ0) is 15.4. The van der Waals surface area contributed by atoms with Gasteiger partial charge in [-0.3, -0.25) is 4.90 Å². The summed E-state index contributed by atoms with van der Waals surface area (Å²) in [6.07, 6.45) is 2.03. The van der Waals surface area contributed by atoms with Gasteiger partial charge in [0.2, 0.25) is 0 Å². The van der Waals surface area contributed by atoms with Crippen LogP contribution in [0.5, 0.6) is 0 Å². The van der Waals surface area contributed by atoms with Crippen LogP contribution in [0.3, 0.4) is 0 Å². The Bertz CT molecular complexity index is 435. The number of hydrogen-bond acceptors (Lipinski definition) is 4. The average molecular weight is 312 g/mol. The zero-order valence-electron chi connectivity index (χ0n) is 13.8. The van der Waals surface area contributed by atoms with Gasteiger partial charge in [-0.1, -0.05) is 20.8 Å². The van der Waals surface area contributed by atoms with Gasteiger partial charge >= 0.3 is 6.09 Å². The van der Waals surface area contributed by atoms with Crippen LogP contribution in [0.4, 0.5) is 4.79 Å². The molecule has 3 rings (SSSR count). The van der Waals surface area contributed by atoms with E-state index in [-0.39, 0.29) is 23.3 Å². The van der Waals surface area contributed by atoms with E-state index in [1.54, 1.807) is 0 Å². The smallest absolute Gasteiger partial charge is 0.410 e. The van der Waals surface area contributed by atoms with Gasteiger partial charge in [-0.2, -0.15) is 0 Å². The first kappa shape index (κ1) is 15.3. The van der Waals surface area contributed by atoms with Gasteiger partial charge in [-0.15, -0.1) is 0 Å². The number of nitrogens with zero attached hydrogens (tertiary/aromatic N) is 1. The summed E-state index contributed by atoms with van der Waals surface area (Å²) in [5.41, 5.74) is 0. The predicted octanol–water partition coefficient (Wildman–Crippen LogP) is 2.33. The minimum atomic E-state index is -1.80. The minimum Gasteiger partial charge on any atom is -0.441 e. The van der Waals surface area contributed by atoms with Crippen molar-refractivity contribution in [3.63, 3.8) is 0 Å². The third-order valence-electron chi connectivity index (χ3n) is 5.75. The first-order valence-electron chi connectivity index (χ1n) is 8.06. The van der Waals surface area contributed by atoms with E-state index in [0.717, 1.165) is 13.0 Å². The van der Waals surface area contributed by atoms with Gasteiger partial charge in [0.05, 0.1) is 12.6 Å². The lowest BCUT2D eigenvalue weighted by Gasteiger charge is -2.39. The van der Waals surface area contributed by atoms with E-state index in [1.165, 1.54) is 6.42 Å². The molecule has 5 nitrogen and oxygen atoms in total. The Hall–Kier alpha value is -0.593. The quantitative estimate of drug-likeness (QED) is 0.813. The van der Waals surface area contributed by atoms with Gasteiger partial charge in [0.1, 0.15) is 6.10 Å². The van der Waals surface area contributed by atoms with E-state index in [1.807, 2.05) is 4.90 Å². The lowest BCUT2D eigenvalue weighted by molar-refractivity contribution is 0.0774. The fourth-order valence-corrected chi connectivity index (χ4v) is 4.42. The highest BCUT2D eigenvalue weighted by molar-refractivity contribution is 6.74. The Morgan fingerprint density at radius 2 is 2.10 bits per heavy atom. The van der Waals surface area contributed by atoms with E-state index in [2.05, 4.69) is 39.2 Å². The maximum atomic E-state index is 12.1. The summed E-state index contributed by atoms with van der Waals surface area (Å²) >= 11 is 0. The summed E-state index contributed by atoms with van der Waals surface area (Å²) in [5.74, 6) is 0. The molecule has 0 saturated carbocycles. The summed E-state index contributed by atoms with van der Waals surface area (Å²) < 4.78 is 11.9. The SMILES string of the molecule is CC(C)(C)[Si](C)(C)OCC1OC(=O)N2C[C@@H]3CC[C@@H](N3)C12. The Morgan fingerprint density at radius 1 is 1.38 bits per heavy atom. The second-order valence-corrected chi connectivity index (χ2v) is 13.0. The average Bonchev–Trinajstić information content (AvgIpc) is 2.89. The summed E-state index contributed by atoms with van der Waals surface area (Å²) in [6, 6.07) is 0.989. The molecule has 3 aliphatic rings. The van der Waals surface area contributed by atoms with Gasteiger partial charge < -0.3 is 14.5 Å². The molecule has 3 fully saturated rings. The second-order valence-electron chi connectivity index (χ2n) is 8.18. The van der Waals surface area contributed by atoms with Crippen LogP contribution < -0.4 is 5.32 Å². The van der Waals surface area contributed by atoms with Crippen LogP contribution in [0, 0.1) is 0 Å². The fraction of sp³-hybridized carbons (Fsp3) is 0.933. The second kappa shape index (κ2) is 4.96. The van der Waals surface area contributed by atoms with Crippen molar-refractivity contribution in [1.82, 2.24) is 10.2 Å². The number of piperazine rings is 1. The molecule has 120 valence electrons. The molecule has 2 unspecified atom stereocenters. The van der Waals surface area contributed by atoms with Gasteiger partial charge in [0.25, 0.3) is 0 Å². The number of fused-ring (bicyclic) bond motifs is 4. The Morgan fingerprint density at radius 3 is 2.76 bits per heavy atom. The number of hydrogen-bond donors (Lipinski definition) is 1. The molecule has 3 heterocycles. The summed E-state index contributed by atoms with van der Waals surface area (Å²) in [4.78, 5) is 14.0. The molecule has 0 aliphatic carbocycles. The maximum absolute atomic E-state index is 12.1. The van der Waals surface area contributed by atoms with E-state index in [0.29, 0.717) is 18.7 Å². The summed E-state index contributed by atoms with van der Waals surface area (Å²) in [5, 5.41) is 3.80. The number of carbonyl (C=O) groups excluding carboxylic acids is 1. The van der Waals surface area contributed by atoms with Crippen molar-refractivity contribution in [2.45, 2.75) is 76.0 Å². The van der Waals surface area contributed by atoms with E-state index in [4.69, 9.17) is 9.16 Å². The third kappa shape index (κ3) is 2.62. The Labute approximate surface area is 128 Å². The van der Waals surface area contributed by atoms with Crippen LogP contribution >= 0.6 is 0 Å². The number of cyclic esters (lactones) is 1. The van der Waals surface area contributed by atoms with Gasteiger partial charge in [-0.25, -0.2) is 4.79 Å². The normalized spacial score (nSPS) is 35.9. The molecule has 3 saturated heterocycles. The molecule has 1 amide bonds. The van der Waals surface area contributed by atoms with Crippen LogP contribution in [0.15, 0.2) is 0 Å². The number of ether oxygens (including phenoxy) is 1. The molecule has 3 aliphatic heterocycles. The van der Waals surface area contributed by atoms with Crippen molar-refractivity contribution in [2.24, 2.45) is 0 Å². The molecule has 0 spiro atoms. The summed E-state index contributed by atoms with van der Waals surface area (Å²) in [7, 11) is -1.80. The number of nitrogens with one attached hydrogen (secondary N) is 1. The lowest BCUT2D eigenvalue weighted by Crippen LogP contribution is -2.59. The van der Waals surface area contributed by atoms with Crippen molar-refractivity contribution >= 4 is 14.4 Å². The maximum Gasteiger partial charge on any atom is 0.410 e. The molecule has 6 heteroatoms. The number of rotatable bonds is 3. The molecule has 0 aromatic carbocycles. The standard InChI is InChI=1S/C15H28N2O3Si/c1-15(2,3)21(4,5)19-9-12-13-11-7-6-10(16-11)8-17(13)14(18)20-12/h10-13,16H,6-9H2,1-5H3/t10-,11+,12?,13?/m0/s1. The molecule has 1 N–H and O–H groups in total. The van der Waals surface area contributed by atoms with Crippen molar-refractivity contribution in [3.05, 3.63) is 0 Å². The summed E-state index contributed by atoms with van der Waals surface area (Å²) in [6.45, 7) is 12.5. The minimum absolute atomic E-state index is 0.122. The highest BCUT2D eigenvalue weighted by Crippen LogP contribution is 2.38. The van der Waals surface area contributed by atoms with E-state index in [9.17, 15) is 4.79 Å². The highest BCUT2D eigenvalue weighted by atomic mass is 28.4. The number of amides is 1. The zero-order valence-corrected chi connectivity index (χ0v) is 14.8. The molecule has 21 heavy (non-hydrogen) atoms. The molecular formula is C15H28N2O3Si. The van der Waals surface area contributed by atoms with E-state index < -0.39 is 8.32 Å².